The molecule has 1 aromatic carbocycles. The maximum Gasteiger partial charge on any atom is 0.357 e. The lowest BCUT2D eigenvalue weighted by molar-refractivity contribution is -0.137. The van der Waals surface area contributed by atoms with Crippen LogP contribution in [0, 0.1) is 6.92 Å². The molecule has 0 fully saturated rings. The maximum absolute atomic E-state index is 12.6. The Morgan fingerprint density at radius 3 is 2.67 bits per heavy atom. The summed E-state index contributed by atoms with van der Waals surface area (Å²) in [5.41, 5.74) is 1.04. The van der Waals surface area contributed by atoms with Gasteiger partial charge in [-0.1, -0.05) is 36.4 Å². The molecule has 27 heavy (non-hydrogen) atoms. The lowest BCUT2D eigenvalue weighted by Crippen LogP contribution is -2.16. The highest BCUT2D eigenvalue weighted by atomic mass is 32.1. The van der Waals surface area contributed by atoms with Gasteiger partial charge in [0.2, 0.25) is 0 Å². The minimum atomic E-state index is -0.544. The quantitative estimate of drug-likeness (QED) is 0.257. The number of thiophene rings is 1. The molecule has 0 spiro atoms. The van der Waals surface area contributed by atoms with Gasteiger partial charge in [-0.15, -0.1) is 16.4 Å². The highest BCUT2D eigenvalue weighted by Gasteiger charge is 2.18. The number of hydrogen-bond acceptors (Lipinski definition) is 7. The number of rotatable bonds is 8. The van der Waals surface area contributed by atoms with E-state index >= 15 is 0 Å². The lowest BCUT2D eigenvalue weighted by Gasteiger charge is -2.09. The summed E-state index contributed by atoms with van der Waals surface area (Å²) in [5, 5.41) is 13.1. The first-order chi connectivity index (χ1) is 13.1. The SMILES string of the molecule is Cc1nnnn1/C(=C\c1ccccc1)C(=O)OCCCC(=O)c1cccs1. The van der Waals surface area contributed by atoms with E-state index in [0.29, 0.717) is 18.7 Å². The van der Waals surface area contributed by atoms with Gasteiger partial charge in [0.25, 0.3) is 0 Å². The van der Waals surface area contributed by atoms with Crippen LogP contribution in [0.1, 0.15) is 33.9 Å². The summed E-state index contributed by atoms with van der Waals surface area (Å²) >= 11 is 1.41. The summed E-state index contributed by atoms with van der Waals surface area (Å²) in [6.07, 6.45) is 2.45. The number of aromatic nitrogens is 4. The number of carbonyl (C=O) groups excluding carboxylic acids is 2. The van der Waals surface area contributed by atoms with Gasteiger partial charge < -0.3 is 4.74 Å². The molecule has 3 rings (SSSR count). The Morgan fingerprint density at radius 1 is 1.19 bits per heavy atom. The zero-order valence-corrected chi connectivity index (χ0v) is 15.6. The number of aryl methyl sites for hydroxylation is 1. The third-order valence-electron chi connectivity index (χ3n) is 3.74. The van der Waals surface area contributed by atoms with E-state index in [9.17, 15) is 9.59 Å². The predicted octanol–water partition coefficient (Wildman–Crippen LogP) is 3.25. The van der Waals surface area contributed by atoms with Crippen LogP contribution in [0.4, 0.5) is 0 Å². The normalized spacial score (nSPS) is 11.4. The Kier molecular flexibility index (Phi) is 6.22. The first-order valence-corrected chi connectivity index (χ1v) is 9.29. The van der Waals surface area contributed by atoms with Gasteiger partial charge in [-0.25, -0.2) is 4.79 Å². The molecule has 0 bridgehead atoms. The molecular weight excluding hydrogens is 364 g/mol. The van der Waals surface area contributed by atoms with E-state index in [2.05, 4.69) is 15.5 Å². The molecule has 0 atom stereocenters. The van der Waals surface area contributed by atoms with Crippen molar-refractivity contribution < 1.29 is 14.3 Å². The van der Waals surface area contributed by atoms with E-state index in [1.165, 1.54) is 16.0 Å². The number of esters is 1. The molecule has 2 aromatic heterocycles. The van der Waals surface area contributed by atoms with Crippen molar-refractivity contribution in [1.82, 2.24) is 20.2 Å². The van der Waals surface area contributed by atoms with Crippen molar-refractivity contribution in [3.8, 4) is 0 Å². The minimum Gasteiger partial charge on any atom is -0.461 e. The molecule has 138 valence electrons. The molecule has 0 aliphatic carbocycles. The molecule has 3 aromatic rings. The van der Waals surface area contributed by atoms with Gasteiger partial charge >= 0.3 is 5.97 Å². The highest BCUT2D eigenvalue weighted by molar-refractivity contribution is 7.12. The van der Waals surface area contributed by atoms with Gasteiger partial charge in [0, 0.05) is 6.42 Å². The van der Waals surface area contributed by atoms with E-state index in [0.717, 1.165) is 10.4 Å². The second-order valence-corrected chi connectivity index (χ2v) is 6.67. The van der Waals surface area contributed by atoms with E-state index in [1.807, 2.05) is 41.8 Å². The summed E-state index contributed by atoms with van der Waals surface area (Å²) in [7, 11) is 0. The molecular formula is C19H18N4O3S. The van der Waals surface area contributed by atoms with Gasteiger partial charge in [-0.3, -0.25) is 4.79 Å². The van der Waals surface area contributed by atoms with Gasteiger partial charge in [-0.2, -0.15) is 4.68 Å². The smallest absolute Gasteiger partial charge is 0.357 e. The van der Waals surface area contributed by atoms with Crippen molar-refractivity contribution in [3.63, 3.8) is 0 Å². The molecule has 2 heterocycles. The summed E-state index contributed by atoms with van der Waals surface area (Å²) in [4.78, 5) is 25.3. The van der Waals surface area contributed by atoms with Crippen molar-refractivity contribution in [3.05, 3.63) is 64.1 Å². The number of ether oxygens (including phenoxy) is 1. The average Bonchev–Trinajstić information content (AvgIpc) is 3.36. The zero-order chi connectivity index (χ0) is 19.1. The molecule has 0 radical (unpaired) electrons. The van der Waals surface area contributed by atoms with Crippen molar-refractivity contribution in [2.45, 2.75) is 19.8 Å². The van der Waals surface area contributed by atoms with Gasteiger partial charge in [0.05, 0.1) is 11.5 Å². The minimum absolute atomic E-state index is 0.0532. The van der Waals surface area contributed by atoms with E-state index in [1.54, 1.807) is 19.1 Å². The van der Waals surface area contributed by atoms with Crippen LogP contribution < -0.4 is 0 Å². The van der Waals surface area contributed by atoms with Crippen molar-refractivity contribution in [2.24, 2.45) is 0 Å². The third kappa shape index (κ3) is 4.95. The standard InChI is InChI=1S/C19H18N4O3S/c1-14-20-21-22-23(14)16(13-15-7-3-2-4-8-15)19(25)26-11-5-9-17(24)18-10-6-12-27-18/h2-4,6-8,10,12-13H,5,9,11H2,1H3/b16-13-. The highest BCUT2D eigenvalue weighted by Crippen LogP contribution is 2.15. The molecule has 0 amide bonds. The molecule has 0 N–H and O–H groups in total. The monoisotopic (exact) mass is 382 g/mol. The van der Waals surface area contributed by atoms with Crippen molar-refractivity contribution >= 4 is 34.9 Å². The average molecular weight is 382 g/mol. The van der Waals surface area contributed by atoms with Crippen LogP contribution >= 0.6 is 11.3 Å². The largest absolute Gasteiger partial charge is 0.461 e. The van der Waals surface area contributed by atoms with Crippen molar-refractivity contribution in [2.75, 3.05) is 6.61 Å². The second kappa shape index (κ2) is 9.00. The van der Waals surface area contributed by atoms with E-state index in [4.69, 9.17) is 4.74 Å². The number of hydrogen-bond donors (Lipinski definition) is 0. The number of ketones is 1. The summed E-state index contributed by atoms with van der Waals surface area (Å²) in [6.45, 7) is 1.84. The van der Waals surface area contributed by atoms with Crippen LogP contribution in [0.15, 0.2) is 47.8 Å². The van der Waals surface area contributed by atoms with Crippen LogP contribution in [-0.4, -0.2) is 38.6 Å². The molecule has 0 aliphatic rings. The summed E-state index contributed by atoms with van der Waals surface area (Å²) in [6, 6.07) is 13.0. The summed E-state index contributed by atoms with van der Waals surface area (Å²) in [5.74, 6) is -0.0164. The summed E-state index contributed by atoms with van der Waals surface area (Å²) < 4.78 is 6.69. The predicted molar refractivity (Wildman–Crippen MR) is 102 cm³/mol. The maximum atomic E-state index is 12.6. The first-order valence-electron chi connectivity index (χ1n) is 8.41. The number of carbonyl (C=O) groups is 2. The molecule has 8 heteroatoms. The van der Waals surface area contributed by atoms with Crippen LogP contribution in [0.2, 0.25) is 0 Å². The Morgan fingerprint density at radius 2 is 2.00 bits per heavy atom. The number of benzene rings is 1. The fourth-order valence-electron chi connectivity index (χ4n) is 2.40. The fourth-order valence-corrected chi connectivity index (χ4v) is 3.09. The number of Topliss-reactive ketones (excluding diaryl/α,β-unsaturated/α-hetero) is 1. The van der Waals surface area contributed by atoms with Crippen LogP contribution in [0.25, 0.3) is 11.8 Å². The van der Waals surface area contributed by atoms with Crippen LogP contribution in [-0.2, 0) is 9.53 Å². The van der Waals surface area contributed by atoms with E-state index < -0.39 is 5.97 Å². The number of tetrazole rings is 1. The van der Waals surface area contributed by atoms with Crippen molar-refractivity contribution in [1.29, 1.82) is 0 Å². The lowest BCUT2D eigenvalue weighted by atomic mass is 10.2. The Bertz CT molecular complexity index is 933. The van der Waals surface area contributed by atoms with Gasteiger partial charge in [0.15, 0.2) is 17.3 Å². The van der Waals surface area contributed by atoms with Crippen LogP contribution in [0.5, 0.6) is 0 Å². The molecule has 0 unspecified atom stereocenters. The Hall–Kier alpha value is -3.13. The van der Waals surface area contributed by atoms with Gasteiger partial charge in [-0.05, 0) is 46.9 Å². The molecule has 7 nitrogen and oxygen atoms in total. The molecule has 0 aliphatic heterocycles. The second-order valence-electron chi connectivity index (χ2n) is 5.72. The Labute approximate surface area is 160 Å². The fraction of sp³-hybridized carbons (Fsp3) is 0.211. The number of nitrogens with zero attached hydrogens (tertiary/aromatic N) is 4. The molecule has 0 saturated heterocycles. The zero-order valence-electron chi connectivity index (χ0n) is 14.7. The Balaban J connectivity index is 1.64. The van der Waals surface area contributed by atoms with Crippen LogP contribution in [0.3, 0.4) is 0 Å². The van der Waals surface area contributed by atoms with E-state index in [-0.39, 0.29) is 18.1 Å². The third-order valence-corrected chi connectivity index (χ3v) is 4.65. The topological polar surface area (TPSA) is 87.0 Å². The molecule has 0 saturated carbocycles. The first kappa shape index (κ1) is 18.7. The van der Waals surface area contributed by atoms with Gasteiger partial charge in [0.1, 0.15) is 0 Å².